The van der Waals surface area contributed by atoms with Crippen molar-refractivity contribution in [2.24, 2.45) is 20.2 Å². The van der Waals surface area contributed by atoms with Gasteiger partial charge in [0.1, 0.15) is 17.2 Å². The first-order chi connectivity index (χ1) is 13.5. The summed E-state index contributed by atoms with van der Waals surface area (Å²) in [5, 5.41) is 8.95. The average molecular weight is 481 g/mol. The van der Waals surface area contributed by atoms with Crippen LogP contribution >= 0.6 is 0 Å². The molecule has 9 nitrogen and oxygen atoms in total. The molecule has 0 spiro atoms. The van der Waals surface area contributed by atoms with E-state index in [-0.39, 0.29) is 27.4 Å². The summed E-state index contributed by atoms with van der Waals surface area (Å²) in [6, 6.07) is 7.36. The molecule has 1 radical (unpaired) electrons. The molecule has 0 amide bonds. The van der Waals surface area contributed by atoms with Crippen molar-refractivity contribution >= 4 is 47.0 Å². The SMILES string of the molecule is CN=C([S-])N/N=C(C)/C(=N/NC([S-])=NC)c1ncoc1-c1ccc(OC)cc1.[Cu+2]. The Morgan fingerprint density at radius 1 is 1.03 bits per heavy atom. The second-order valence-electron chi connectivity index (χ2n) is 5.20. The van der Waals surface area contributed by atoms with Crippen LogP contribution in [-0.2, 0) is 42.3 Å². The van der Waals surface area contributed by atoms with Gasteiger partial charge in [-0.15, -0.1) is 0 Å². The van der Waals surface area contributed by atoms with Gasteiger partial charge in [-0.25, -0.2) is 4.98 Å². The molecule has 12 heteroatoms. The number of methoxy groups -OCH3 is 1. The minimum atomic E-state index is 0. The van der Waals surface area contributed by atoms with Gasteiger partial charge in [0.25, 0.3) is 0 Å². The Labute approximate surface area is 190 Å². The summed E-state index contributed by atoms with van der Waals surface area (Å²) in [7, 11) is 4.73. The van der Waals surface area contributed by atoms with E-state index < -0.39 is 0 Å². The molecule has 0 saturated heterocycles. The number of hydrogen-bond donors (Lipinski definition) is 2. The van der Waals surface area contributed by atoms with E-state index in [2.05, 4.69) is 36.0 Å². The molecular formula is C17H19CuN7O2S2. The van der Waals surface area contributed by atoms with Gasteiger partial charge >= 0.3 is 17.1 Å². The van der Waals surface area contributed by atoms with Crippen molar-refractivity contribution in [1.29, 1.82) is 0 Å². The Bertz CT molecular complexity index is 924. The van der Waals surface area contributed by atoms with Gasteiger partial charge < -0.3 is 34.4 Å². The molecule has 0 saturated carbocycles. The van der Waals surface area contributed by atoms with Crippen LogP contribution < -0.4 is 15.6 Å². The van der Waals surface area contributed by atoms with Gasteiger partial charge in [0.05, 0.1) is 12.8 Å². The molecule has 0 aliphatic rings. The van der Waals surface area contributed by atoms with Gasteiger partial charge in [-0.05, 0) is 41.5 Å². The summed E-state index contributed by atoms with van der Waals surface area (Å²) in [5.41, 5.74) is 7.50. The molecule has 1 heterocycles. The molecule has 29 heavy (non-hydrogen) atoms. The van der Waals surface area contributed by atoms with Gasteiger partial charge in [0, 0.05) is 19.7 Å². The molecule has 2 N–H and O–H groups in total. The Balaban J connectivity index is 0.00000420. The van der Waals surface area contributed by atoms with Gasteiger partial charge in [0.2, 0.25) is 0 Å². The molecule has 2 rings (SSSR count). The van der Waals surface area contributed by atoms with Crippen LogP contribution in [-0.4, -0.2) is 47.9 Å². The van der Waals surface area contributed by atoms with E-state index in [0.29, 0.717) is 22.9 Å². The fourth-order valence-electron chi connectivity index (χ4n) is 2.06. The largest absolute Gasteiger partial charge is 2.00 e. The topological polar surface area (TPSA) is 109 Å². The Morgan fingerprint density at radius 2 is 1.62 bits per heavy atom. The first-order valence-electron chi connectivity index (χ1n) is 8.00. The summed E-state index contributed by atoms with van der Waals surface area (Å²) in [6.45, 7) is 1.74. The van der Waals surface area contributed by atoms with Crippen molar-refractivity contribution in [3.8, 4) is 17.1 Å². The summed E-state index contributed by atoms with van der Waals surface area (Å²) < 4.78 is 10.8. The van der Waals surface area contributed by atoms with Crippen LogP contribution in [0.15, 0.2) is 55.3 Å². The molecule has 0 aliphatic carbocycles. The first-order valence-corrected chi connectivity index (χ1v) is 8.82. The molecule has 1 aromatic heterocycles. The number of rotatable bonds is 6. The van der Waals surface area contributed by atoms with Crippen molar-refractivity contribution in [3.63, 3.8) is 0 Å². The van der Waals surface area contributed by atoms with E-state index in [1.807, 2.05) is 24.3 Å². The van der Waals surface area contributed by atoms with E-state index >= 15 is 0 Å². The third-order valence-corrected chi connectivity index (χ3v) is 4.02. The van der Waals surface area contributed by atoms with Crippen LogP contribution in [0, 0.1) is 0 Å². The van der Waals surface area contributed by atoms with E-state index in [1.165, 1.54) is 6.39 Å². The standard InChI is InChI=1S/C17H21N7O2S2.Cu/c1-10(21-23-16(27)18-2)13(22-24-17(28)19-3)14-15(26-9-20-14)11-5-7-12(25-4)8-6-11;/h5-9H,1-4H3,(H2,18,23,27)(H2,19,24,28);/q;+2/p-2/b21-10+,22-13-;. The van der Waals surface area contributed by atoms with E-state index in [0.717, 1.165) is 11.3 Å². The van der Waals surface area contributed by atoms with E-state index in [4.69, 9.17) is 34.4 Å². The normalized spacial score (nSPS) is 13.0. The monoisotopic (exact) mass is 480 g/mol. The van der Waals surface area contributed by atoms with Crippen molar-refractivity contribution in [1.82, 2.24) is 15.8 Å². The molecule has 0 atom stereocenters. The predicted octanol–water partition coefficient (Wildman–Crippen LogP) is 1.67. The minimum absolute atomic E-state index is 0. The quantitative estimate of drug-likeness (QED) is 0.213. The van der Waals surface area contributed by atoms with Gasteiger partial charge in [-0.3, -0.25) is 20.8 Å². The second-order valence-corrected chi connectivity index (χ2v) is 5.97. The Hall–Kier alpha value is -2.53. The molecular weight excluding hydrogens is 462 g/mol. The van der Waals surface area contributed by atoms with Crippen LogP contribution in [0.2, 0.25) is 0 Å². The molecule has 0 unspecified atom stereocenters. The van der Waals surface area contributed by atoms with Crippen LogP contribution in [0.25, 0.3) is 11.3 Å². The van der Waals surface area contributed by atoms with Crippen LogP contribution in [0.5, 0.6) is 5.75 Å². The fourth-order valence-corrected chi connectivity index (χ4v) is 2.15. The summed E-state index contributed by atoms with van der Waals surface area (Å²) in [5.74, 6) is 1.24. The summed E-state index contributed by atoms with van der Waals surface area (Å²) in [4.78, 5) is 12.0. The number of aromatic nitrogens is 1. The van der Waals surface area contributed by atoms with E-state index in [9.17, 15) is 0 Å². The average Bonchev–Trinajstić information content (AvgIpc) is 3.21. The zero-order chi connectivity index (χ0) is 20.5. The van der Waals surface area contributed by atoms with Crippen molar-refractivity contribution in [2.45, 2.75) is 6.92 Å². The van der Waals surface area contributed by atoms with Crippen molar-refractivity contribution < 1.29 is 26.2 Å². The van der Waals surface area contributed by atoms with Crippen molar-refractivity contribution in [3.05, 3.63) is 36.4 Å². The Kier molecular flexibility index (Phi) is 10.2. The van der Waals surface area contributed by atoms with Crippen LogP contribution in [0.1, 0.15) is 12.6 Å². The third-order valence-electron chi connectivity index (χ3n) is 3.48. The zero-order valence-corrected chi connectivity index (χ0v) is 18.6. The summed E-state index contributed by atoms with van der Waals surface area (Å²) >= 11 is 10.0. The number of hydrazone groups is 2. The number of nitrogens with one attached hydrogen (secondary N) is 2. The molecule has 2 aromatic rings. The number of nitrogens with zero attached hydrogens (tertiary/aromatic N) is 5. The third kappa shape index (κ3) is 6.79. The number of aliphatic imine (C=N–C) groups is 2. The maximum Gasteiger partial charge on any atom is 2.00 e. The minimum Gasteiger partial charge on any atom is -0.741 e. The number of ether oxygens (including phenoxy) is 1. The fraction of sp³-hybridized carbons (Fsp3) is 0.235. The number of benzene rings is 1. The number of amidine groups is 2. The number of hydrogen-bond acceptors (Lipinski definition) is 9. The van der Waals surface area contributed by atoms with Crippen LogP contribution in [0.3, 0.4) is 0 Å². The van der Waals surface area contributed by atoms with Gasteiger partial charge in [-0.2, -0.15) is 10.2 Å². The van der Waals surface area contributed by atoms with Gasteiger partial charge in [-0.1, -0.05) is 0 Å². The van der Waals surface area contributed by atoms with Gasteiger partial charge in [0.15, 0.2) is 12.2 Å². The maximum atomic E-state index is 5.60. The molecule has 0 fully saturated rings. The van der Waals surface area contributed by atoms with Crippen molar-refractivity contribution in [2.75, 3.05) is 21.2 Å². The smallest absolute Gasteiger partial charge is 0.741 e. The molecule has 0 aliphatic heterocycles. The molecule has 0 bridgehead atoms. The summed E-state index contributed by atoms with van der Waals surface area (Å²) in [6.07, 6.45) is 1.33. The molecule has 157 valence electrons. The predicted molar refractivity (Wildman–Crippen MR) is 116 cm³/mol. The molecule has 1 aromatic carbocycles. The van der Waals surface area contributed by atoms with Crippen LogP contribution in [0.4, 0.5) is 0 Å². The zero-order valence-electron chi connectivity index (χ0n) is 16.1. The number of oxazole rings is 1. The van der Waals surface area contributed by atoms with E-state index in [1.54, 1.807) is 28.1 Å². The second kappa shape index (κ2) is 12.1. The maximum absolute atomic E-state index is 5.60. The Morgan fingerprint density at radius 3 is 2.17 bits per heavy atom. The first kappa shape index (κ1) is 24.5.